The molecule has 3 atom stereocenters. The Morgan fingerprint density at radius 2 is 2.15 bits per heavy atom. The molecular weight excluding hydrogens is 254 g/mol. The zero-order valence-corrected chi connectivity index (χ0v) is 13.6. The van der Waals surface area contributed by atoms with Crippen LogP contribution in [-0.2, 0) is 9.47 Å². The molecule has 2 rings (SSSR count). The number of hydrogen-bond acceptors (Lipinski definition) is 3. The monoisotopic (exact) mass is 283 g/mol. The maximum Gasteiger partial charge on any atom is 0.191 e. The number of fused-ring (bicyclic) bond motifs is 1. The summed E-state index contributed by atoms with van der Waals surface area (Å²) in [6, 6.07) is 0.423. The number of aliphatic imine (C=N–C) groups is 1. The first kappa shape index (κ1) is 15.6. The highest BCUT2D eigenvalue weighted by molar-refractivity contribution is 5.80. The molecule has 20 heavy (non-hydrogen) atoms. The minimum atomic E-state index is -0.203. The Kier molecular flexibility index (Phi) is 4.30. The van der Waals surface area contributed by atoms with Crippen molar-refractivity contribution in [1.82, 2.24) is 10.6 Å². The van der Waals surface area contributed by atoms with Crippen molar-refractivity contribution >= 4 is 5.96 Å². The van der Waals surface area contributed by atoms with E-state index in [0.717, 1.165) is 25.5 Å². The Morgan fingerprint density at radius 1 is 1.45 bits per heavy atom. The van der Waals surface area contributed by atoms with Crippen LogP contribution >= 0.6 is 0 Å². The third kappa shape index (κ3) is 2.79. The Balaban J connectivity index is 1.91. The summed E-state index contributed by atoms with van der Waals surface area (Å²) in [5, 5.41) is 6.92. The van der Waals surface area contributed by atoms with Crippen LogP contribution in [0.2, 0.25) is 0 Å². The van der Waals surface area contributed by atoms with Crippen LogP contribution < -0.4 is 10.6 Å². The first-order valence-corrected chi connectivity index (χ1v) is 7.46. The second kappa shape index (κ2) is 5.53. The zero-order chi connectivity index (χ0) is 15.0. The molecule has 0 amide bonds. The Bertz CT molecular complexity index is 379. The van der Waals surface area contributed by atoms with Crippen molar-refractivity contribution in [3.05, 3.63) is 0 Å². The smallest absolute Gasteiger partial charge is 0.191 e. The zero-order valence-electron chi connectivity index (χ0n) is 13.6. The van der Waals surface area contributed by atoms with Crippen LogP contribution in [0.5, 0.6) is 0 Å². The van der Waals surface area contributed by atoms with Gasteiger partial charge >= 0.3 is 0 Å². The number of methoxy groups -OCH3 is 1. The molecule has 0 aromatic carbocycles. The molecule has 1 aliphatic carbocycles. The highest BCUT2D eigenvalue weighted by atomic mass is 16.5. The minimum absolute atomic E-state index is 0.162. The molecule has 116 valence electrons. The van der Waals surface area contributed by atoms with Crippen LogP contribution in [-0.4, -0.2) is 51.0 Å². The van der Waals surface area contributed by atoms with Crippen LogP contribution in [0.15, 0.2) is 4.99 Å². The van der Waals surface area contributed by atoms with Crippen LogP contribution in [0.25, 0.3) is 0 Å². The molecule has 0 spiro atoms. The maximum absolute atomic E-state index is 5.82. The molecule has 0 aromatic rings. The van der Waals surface area contributed by atoms with E-state index in [-0.39, 0.29) is 11.0 Å². The molecule has 0 aromatic heterocycles. The number of ether oxygens (including phenoxy) is 2. The van der Waals surface area contributed by atoms with E-state index in [2.05, 4.69) is 43.3 Å². The van der Waals surface area contributed by atoms with E-state index >= 15 is 0 Å². The Labute approximate surface area is 122 Å². The average molecular weight is 283 g/mol. The molecule has 5 heteroatoms. The predicted octanol–water partition coefficient (Wildman–Crippen LogP) is 1.39. The lowest BCUT2D eigenvalue weighted by molar-refractivity contribution is -0.106. The van der Waals surface area contributed by atoms with Gasteiger partial charge in [-0.2, -0.15) is 0 Å². The second-order valence-corrected chi connectivity index (χ2v) is 7.08. The van der Waals surface area contributed by atoms with Crippen molar-refractivity contribution in [2.75, 3.05) is 27.3 Å². The van der Waals surface area contributed by atoms with Gasteiger partial charge < -0.3 is 20.1 Å². The van der Waals surface area contributed by atoms with Crippen LogP contribution in [0.3, 0.4) is 0 Å². The van der Waals surface area contributed by atoms with Gasteiger partial charge in [-0.1, -0.05) is 13.8 Å². The third-order valence-electron chi connectivity index (χ3n) is 4.85. The summed E-state index contributed by atoms with van der Waals surface area (Å²) in [4.78, 5) is 4.33. The van der Waals surface area contributed by atoms with Crippen molar-refractivity contribution in [1.29, 1.82) is 0 Å². The Morgan fingerprint density at radius 3 is 2.75 bits per heavy atom. The molecule has 2 N–H and O–H groups in total. The molecule has 2 fully saturated rings. The first-order chi connectivity index (χ1) is 9.31. The third-order valence-corrected chi connectivity index (χ3v) is 4.85. The van der Waals surface area contributed by atoms with Crippen molar-refractivity contribution in [3.8, 4) is 0 Å². The van der Waals surface area contributed by atoms with E-state index in [1.54, 1.807) is 7.11 Å². The predicted molar refractivity (Wildman–Crippen MR) is 81.0 cm³/mol. The number of nitrogens with zero attached hydrogens (tertiary/aromatic N) is 1. The summed E-state index contributed by atoms with van der Waals surface area (Å²) in [5.74, 6) is 1.46. The highest BCUT2D eigenvalue weighted by Gasteiger charge is 2.59. The Hall–Kier alpha value is -0.810. The number of hydrogen-bond donors (Lipinski definition) is 2. The van der Waals surface area contributed by atoms with Crippen molar-refractivity contribution in [3.63, 3.8) is 0 Å². The minimum Gasteiger partial charge on any atom is -0.377 e. The van der Waals surface area contributed by atoms with Crippen molar-refractivity contribution in [2.45, 2.75) is 51.9 Å². The molecule has 1 aliphatic heterocycles. The second-order valence-electron chi connectivity index (χ2n) is 7.08. The van der Waals surface area contributed by atoms with Gasteiger partial charge in [0.25, 0.3) is 0 Å². The van der Waals surface area contributed by atoms with Gasteiger partial charge in [-0.15, -0.1) is 0 Å². The van der Waals surface area contributed by atoms with Crippen LogP contribution in [0.4, 0.5) is 0 Å². The molecule has 1 saturated carbocycles. The van der Waals surface area contributed by atoms with Gasteiger partial charge in [-0.05, 0) is 20.3 Å². The van der Waals surface area contributed by atoms with Gasteiger partial charge in [-0.3, -0.25) is 4.99 Å². The summed E-state index contributed by atoms with van der Waals surface area (Å²) in [5.41, 5.74) is -0.0404. The summed E-state index contributed by atoms with van der Waals surface area (Å²) in [6.45, 7) is 10.3. The fourth-order valence-electron chi connectivity index (χ4n) is 3.33. The van der Waals surface area contributed by atoms with Crippen molar-refractivity contribution < 1.29 is 9.47 Å². The van der Waals surface area contributed by atoms with E-state index in [1.165, 1.54) is 0 Å². The SMILES string of the molecule is CN=C(NCC(C)(C)OC)NC1C2CCOC2C1(C)C. The topological polar surface area (TPSA) is 54.9 Å². The first-order valence-electron chi connectivity index (χ1n) is 7.46. The van der Waals surface area contributed by atoms with Gasteiger partial charge in [0.2, 0.25) is 0 Å². The van der Waals surface area contributed by atoms with Gasteiger partial charge in [0, 0.05) is 44.7 Å². The van der Waals surface area contributed by atoms with Crippen LogP contribution in [0, 0.1) is 11.3 Å². The summed E-state index contributed by atoms with van der Waals surface area (Å²) >= 11 is 0. The molecule has 3 unspecified atom stereocenters. The standard InChI is InChI=1S/C15H29N3O2/c1-14(2,19-6)9-17-13(16-5)18-11-10-7-8-20-12(10)15(11,3)4/h10-12H,7-9H2,1-6H3,(H2,16,17,18). The lowest BCUT2D eigenvalue weighted by atomic mass is 9.57. The number of nitrogens with one attached hydrogen (secondary N) is 2. The molecule has 0 radical (unpaired) electrons. The molecule has 0 bridgehead atoms. The summed E-state index contributed by atoms with van der Waals surface area (Å²) in [6.07, 6.45) is 1.54. The van der Waals surface area contributed by atoms with E-state index in [1.807, 2.05) is 7.05 Å². The molecular formula is C15H29N3O2. The molecule has 5 nitrogen and oxygen atoms in total. The van der Waals surface area contributed by atoms with Crippen molar-refractivity contribution in [2.24, 2.45) is 16.3 Å². The van der Waals surface area contributed by atoms with E-state index in [0.29, 0.717) is 18.1 Å². The highest BCUT2D eigenvalue weighted by Crippen LogP contribution is 2.52. The fourth-order valence-corrected chi connectivity index (χ4v) is 3.33. The molecule has 1 heterocycles. The quantitative estimate of drug-likeness (QED) is 0.605. The molecule has 2 aliphatic rings. The summed E-state index contributed by atoms with van der Waals surface area (Å²) in [7, 11) is 3.54. The van der Waals surface area contributed by atoms with Crippen LogP contribution in [0.1, 0.15) is 34.1 Å². The fraction of sp³-hybridized carbons (Fsp3) is 0.933. The van der Waals surface area contributed by atoms with Gasteiger partial charge in [0.15, 0.2) is 5.96 Å². The van der Waals surface area contributed by atoms with E-state index in [4.69, 9.17) is 9.47 Å². The number of rotatable bonds is 4. The lowest BCUT2D eigenvalue weighted by Crippen LogP contribution is -2.68. The molecule has 1 saturated heterocycles. The maximum atomic E-state index is 5.82. The summed E-state index contributed by atoms with van der Waals surface area (Å²) < 4.78 is 11.2. The van der Waals surface area contributed by atoms with E-state index in [9.17, 15) is 0 Å². The normalized spacial score (nSPS) is 32.5. The average Bonchev–Trinajstić information content (AvgIpc) is 2.85. The largest absolute Gasteiger partial charge is 0.377 e. The van der Waals surface area contributed by atoms with Gasteiger partial charge in [0.1, 0.15) is 0 Å². The van der Waals surface area contributed by atoms with E-state index < -0.39 is 0 Å². The number of guanidine groups is 1. The van der Waals surface area contributed by atoms with Gasteiger partial charge in [0.05, 0.1) is 11.7 Å². The lowest BCUT2D eigenvalue weighted by Gasteiger charge is -2.55. The van der Waals surface area contributed by atoms with Gasteiger partial charge in [-0.25, -0.2) is 0 Å².